The van der Waals surface area contributed by atoms with E-state index >= 15 is 0 Å². The predicted octanol–water partition coefficient (Wildman–Crippen LogP) is 3.46. The second-order valence-electron chi connectivity index (χ2n) is 4.56. The van der Waals surface area contributed by atoms with E-state index in [1.165, 1.54) is 12.1 Å². The fourth-order valence-corrected chi connectivity index (χ4v) is 2.88. The smallest absolute Gasteiger partial charge is 0.132 e. The molecule has 0 aliphatic carbocycles. The van der Waals surface area contributed by atoms with Gasteiger partial charge in [0.05, 0.1) is 6.67 Å². The summed E-state index contributed by atoms with van der Waals surface area (Å²) in [5, 5.41) is 3.17. The van der Waals surface area contributed by atoms with Crippen molar-refractivity contribution >= 4 is 28.3 Å². The molecule has 0 aromatic heterocycles. The number of piperazine rings is 1. The number of alkyl halides is 1. The van der Waals surface area contributed by atoms with E-state index in [1.807, 2.05) is 4.90 Å². The van der Waals surface area contributed by atoms with Crippen LogP contribution < -0.4 is 5.32 Å². The SMILES string of the molecule is Cl.FCC[C@@H](c1c(F)cc(Br)cc1F)N1CCNCC1. The molecular formula is C13H17BrClF3N2. The molecule has 0 amide bonds. The van der Waals surface area contributed by atoms with Gasteiger partial charge in [-0.15, -0.1) is 12.4 Å². The summed E-state index contributed by atoms with van der Waals surface area (Å²) < 4.78 is 41.1. The lowest BCUT2D eigenvalue weighted by Crippen LogP contribution is -2.45. The molecule has 1 aliphatic heterocycles. The zero-order valence-electron chi connectivity index (χ0n) is 10.8. The number of hydrogen-bond acceptors (Lipinski definition) is 2. The van der Waals surface area contributed by atoms with Crippen molar-refractivity contribution in [1.29, 1.82) is 0 Å². The lowest BCUT2D eigenvalue weighted by Gasteiger charge is -2.35. The predicted molar refractivity (Wildman–Crippen MR) is 79.1 cm³/mol. The van der Waals surface area contributed by atoms with Gasteiger partial charge in [-0.1, -0.05) is 15.9 Å². The summed E-state index contributed by atoms with van der Waals surface area (Å²) in [6.45, 7) is 2.24. The van der Waals surface area contributed by atoms with Crippen molar-refractivity contribution in [1.82, 2.24) is 10.2 Å². The standard InChI is InChI=1S/C13H16BrF3N2.ClH/c14-9-7-10(16)13(11(17)8-9)12(1-2-15)19-5-3-18-4-6-19;/h7-8,12,18H,1-6H2;1H/t12-;/m0./s1. The maximum absolute atomic E-state index is 14.0. The van der Waals surface area contributed by atoms with Crippen molar-refractivity contribution in [3.05, 3.63) is 33.8 Å². The molecule has 1 N–H and O–H groups in total. The van der Waals surface area contributed by atoms with E-state index in [-0.39, 0.29) is 24.4 Å². The number of nitrogens with one attached hydrogen (secondary N) is 1. The molecule has 1 aromatic rings. The summed E-state index contributed by atoms with van der Waals surface area (Å²) in [5.41, 5.74) is -0.0252. The molecule has 114 valence electrons. The number of benzene rings is 1. The minimum atomic E-state index is -0.621. The molecule has 0 bridgehead atoms. The van der Waals surface area contributed by atoms with Crippen LogP contribution in [0.25, 0.3) is 0 Å². The Balaban J connectivity index is 0.00000200. The summed E-state index contributed by atoms with van der Waals surface area (Å²) in [7, 11) is 0. The lowest BCUT2D eigenvalue weighted by atomic mass is 10.0. The van der Waals surface area contributed by atoms with Gasteiger partial charge in [0.2, 0.25) is 0 Å². The Morgan fingerprint density at radius 2 is 1.75 bits per heavy atom. The maximum Gasteiger partial charge on any atom is 0.132 e. The first-order valence-corrected chi connectivity index (χ1v) is 7.08. The molecule has 0 radical (unpaired) electrons. The van der Waals surface area contributed by atoms with E-state index < -0.39 is 24.4 Å². The normalized spacial score (nSPS) is 17.6. The molecule has 1 aliphatic rings. The number of halogens is 5. The van der Waals surface area contributed by atoms with Crippen LogP contribution >= 0.6 is 28.3 Å². The molecule has 0 unspecified atom stereocenters. The first-order valence-electron chi connectivity index (χ1n) is 6.28. The number of nitrogens with zero attached hydrogens (tertiary/aromatic N) is 1. The molecule has 1 atom stereocenters. The summed E-state index contributed by atoms with van der Waals surface area (Å²) in [5.74, 6) is -1.24. The van der Waals surface area contributed by atoms with Gasteiger partial charge in [0.25, 0.3) is 0 Å². The van der Waals surface area contributed by atoms with Gasteiger partial charge in [-0.2, -0.15) is 0 Å². The average Bonchev–Trinajstić information content (AvgIpc) is 2.37. The number of rotatable bonds is 4. The second kappa shape index (κ2) is 8.22. The molecule has 7 heteroatoms. The van der Waals surface area contributed by atoms with Crippen molar-refractivity contribution in [3.8, 4) is 0 Å². The zero-order chi connectivity index (χ0) is 13.8. The Morgan fingerprint density at radius 3 is 2.25 bits per heavy atom. The van der Waals surface area contributed by atoms with Crippen molar-refractivity contribution in [2.75, 3.05) is 32.9 Å². The van der Waals surface area contributed by atoms with Gasteiger partial charge in [-0.25, -0.2) is 8.78 Å². The van der Waals surface area contributed by atoms with Crippen LogP contribution in [0, 0.1) is 11.6 Å². The molecule has 2 rings (SSSR count). The molecule has 2 nitrogen and oxygen atoms in total. The highest BCUT2D eigenvalue weighted by Crippen LogP contribution is 2.31. The van der Waals surface area contributed by atoms with E-state index in [1.54, 1.807) is 0 Å². The fourth-order valence-electron chi connectivity index (χ4n) is 2.48. The summed E-state index contributed by atoms with van der Waals surface area (Å²) in [6.07, 6.45) is 0.107. The summed E-state index contributed by atoms with van der Waals surface area (Å²) >= 11 is 3.05. The van der Waals surface area contributed by atoms with Crippen molar-refractivity contribution in [2.24, 2.45) is 0 Å². The largest absolute Gasteiger partial charge is 0.314 e. The van der Waals surface area contributed by atoms with Crippen LogP contribution in [0.5, 0.6) is 0 Å². The van der Waals surface area contributed by atoms with Crippen molar-refractivity contribution < 1.29 is 13.2 Å². The van der Waals surface area contributed by atoms with Gasteiger partial charge in [0.15, 0.2) is 0 Å². The fraction of sp³-hybridized carbons (Fsp3) is 0.538. The van der Waals surface area contributed by atoms with Gasteiger partial charge in [0.1, 0.15) is 11.6 Å². The van der Waals surface area contributed by atoms with Crippen LogP contribution in [0.2, 0.25) is 0 Å². The highest BCUT2D eigenvalue weighted by molar-refractivity contribution is 9.10. The summed E-state index contributed by atoms with van der Waals surface area (Å²) in [4.78, 5) is 1.94. The van der Waals surface area contributed by atoms with Gasteiger partial charge >= 0.3 is 0 Å². The molecule has 0 saturated carbocycles. The number of hydrogen-bond donors (Lipinski definition) is 1. The lowest BCUT2D eigenvalue weighted by molar-refractivity contribution is 0.151. The molecule has 1 saturated heterocycles. The average molecular weight is 374 g/mol. The molecular weight excluding hydrogens is 357 g/mol. The summed E-state index contributed by atoms with van der Waals surface area (Å²) in [6, 6.07) is 1.91. The third-order valence-corrected chi connectivity index (χ3v) is 3.81. The third kappa shape index (κ3) is 4.10. The van der Waals surface area contributed by atoms with Gasteiger partial charge in [-0.3, -0.25) is 9.29 Å². The Morgan fingerprint density at radius 1 is 1.20 bits per heavy atom. The topological polar surface area (TPSA) is 15.3 Å². The first-order chi connectivity index (χ1) is 9.13. The molecule has 1 aromatic carbocycles. The Hall–Kier alpha value is -0.300. The van der Waals surface area contributed by atoms with Crippen LogP contribution in [-0.4, -0.2) is 37.8 Å². The van der Waals surface area contributed by atoms with Gasteiger partial charge < -0.3 is 5.32 Å². The molecule has 20 heavy (non-hydrogen) atoms. The first kappa shape index (κ1) is 17.8. The molecule has 1 fully saturated rings. The van der Waals surface area contributed by atoms with Crippen LogP contribution in [0.1, 0.15) is 18.0 Å². The molecule has 1 heterocycles. The Labute approximate surface area is 131 Å². The van der Waals surface area contributed by atoms with E-state index in [2.05, 4.69) is 21.2 Å². The van der Waals surface area contributed by atoms with Crippen LogP contribution in [0.4, 0.5) is 13.2 Å². The van der Waals surface area contributed by atoms with E-state index in [0.29, 0.717) is 17.6 Å². The van der Waals surface area contributed by atoms with Gasteiger partial charge in [0, 0.05) is 42.3 Å². The highest BCUT2D eigenvalue weighted by Gasteiger charge is 2.27. The minimum absolute atomic E-state index is 0. The van der Waals surface area contributed by atoms with Crippen LogP contribution in [0.15, 0.2) is 16.6 Å². The van der Waals surface area contributed by atoms with Gasteiger partial charge in [-0.05, 0) is 18.6 Å². The van der Waals surface area contributed by atoms with E-state index in [0.717, 1.165) is 13.1 Å². The van der Waals surface area contributed by atoms with Crippen LogP contribution in [0.3, 0.4) is 0 Å². The van der Waals surface area contributed by atoms with Crippen LogP contribution in [-0.2, 0) is 0 Å². The monoisotopic (exact) mass is 372 g/mol. The molecule has 0 spiro atoms. The van der Waals surface area contributed by atoms with Crippen molar-refractivity contribution in [2.45, 2.75) is 12.5 Å². The third-order valence-electron chi connectivity index (χ3n) is 3.35. The Bertz CT molecular complexity index is 419. The van der Waals surface area contributed by atoms with Crippen molar-refractivity contribution in [3.63, 3.8) is 0 Å². The maximum atomic E-state index is 14.0. The second-order valence-corrected chi connectivity index (χ2v) is 5.48. The zero-order valence-corrected chi connectivity index (χ0v) is 13.2. The quantitative estimate of drug-likeness (QED) is 0.869. The Kier molecular flexibility index (Phi) is 7.29. The van der Waals surface area contributed by atoms with E-state index in [9.17, 15) is 13.2 Å². The minimum Gasteiger partial charge on any atom is -0.314 e. The van der Waals surface area contributed by atoms with E-state index in [4.69, 9.17) is 0 Å². The highest BCUT2D eigenvalue weighted by atomic mass is 79.9.